The SMILES string of the molecule is O=C1OC(c2ccccc2C(F)(F)F)CCN1CCO. The molecule has 1 aliphatic rings. The molecule has 0 aliphatic carbocycles. The Bertz CT molecular complexity index is 490. The van der Waals surface area contributed by atoms with Crippen LogP contribution in [0, 0.1) is 0 Å². The van der Waals surface area contributed by atoms with E-state index >= 15 is 0 Å². The minimum Gasteiger partial charge on any atom is -0.441 e. The first-order valence-corrected chi connectivity index (χ1v) is 6.16. The predicted octanol–water partition coefficient (Wildman–Crippen LogP) is 2.58. The lowest BCUT2D eigenvalue weighted by Gasteiger charge is -2.32. The Morgan fingerprint density at radius 1 is 1.35 bits per heavy atom. The van der Waals surface area contributed by atoms with Crippen molar-refractivity contribution >= 4 is 6.09 Å². The number of benzene rings is 1. The van der Waals surface area contributed by atoms with Gasteiger partial charge in [0.2, 0.25) is 0 Å². The van der Waals surface area contributed by atoms with E-state index in [2.05, 4.69) is 0 Å². The molecular weight excluding hydrogens is 275 g/mol. The molecule has 0 saturated carbocycles. The predicted molar refractivity (Wildman–Crippen MR) is 63.9 cm³/mol. The molecule has 1 fully saturated rings. The first-order chi connectivity index (χ1) is 9.43. The van der Waals surface area contributed by atoms with Crippen molar-refractivity contribution in [3.05, 3.63) is 35.4 Å². The van der Waals surface area contributed by atoms with Crippen LogP contribution in [0.2, 0.25) is 0 Å². The Labute approximate surface area is 113 Å². The number of hydrogen-bond donors (Lipinski definition) is 1. The van der Waals surface area contributed by atoms with Crippen molar-refractivity contribution in [3.63, 3.8) is 0 Å². The number of aliphatic hydroxyl groups excluding tert-OH is 1. The van der Waals surface area contributed by atoms with Gasteiger partial charge in [0, 0.05) is 25.1 Å². The van der Waals surface area contributed by atoms with E-state index < -0.39 is 23.9 Å². The van der Waals surface area contributed by atoms with Crippen LogP contribution in [0.15, 0.2) is 24.3 Å². The molecule has 1 amide bonds. The summed E-state index contributed by atoms with van der Waals surface area (Å²) in [7, 11) is 0. The molecule has 1 aromatic carbocycles. The quantitative estimate of drug-likeness (QED) is 0.930. The lowest BCUT2D eigenvalue weighted by atomic mass is 9.99. The fourth-order valence-electron chi connectivity index (χ4n) is 2.20. The fourth-order valence-corrected chi connectivity index (χ4v) is 2.20. The summed E-state index contributed by atoms with van der Waals surface area (Å²) in [6.07, 6.45) is -5.83. The summed E-state index contributed by atoms with van der Waals surface area (Å²) in [6, 6.07) is 5.08. The fraction of sp³-hybridized carbons (Fsp3) is 0.462. The van der Waals surface area contributed by atoms with E-state index in [0.717, 1.165) is 6.07 Å². The van der Waals surface area contributed by atoms with Gasteiger partial charge in [0.1, 0.15) is 6.10 Å². The molecule has 0 aromatic heterocycles. The maximum Gasteiger partial charge on any atom is 0.416 e. The average molecular weight is 289 g/mol. The molecule has 110 valence electrons. The summed E-state index contributed by atoms with van der Waals surface area (Å²) in [4.78, 5) is 12.9. The molecule has 1 atom stereocenters. The average Bonchev–Trinajstić information content (AvgIpc) is 2.40. The van der Waals surface area contributed by atoms with Crippen molar-refractivity contribution in [3.8, 4) is 0 Å². The van der Waals surface area contributed by atoms with Crippen molar-refractivity contribution in [2.24, 2.45) is 0 Å². The lowest BCUT2D eigenvalue weighted by molar-refractivity contribution is -0.139. The second kappa shape index (κ2) is 5.70. The molecule has 1 N–H and O–H groups in total. The van der Waals surface area contributed by atoms with Crippen molar-refractivity contribution in [2.75, 3.05) is 19.7 Å². The summed E-state index contributed by atoms with van der Waals surface area (Å²) < 4.78 is 43.8. The minimum absolute atomic E-state index is 0.0306. The lowest BCUT2D eigenvalue weighted by Crippen LogP contribution is -2.40. The molecule has 1 saturated heterocycles. The highest BCUT2D eigenvalue weighted by molar-refractivity contribution is 5.68. The van der Waals surface area contributed by atoms with E-state index in [-0.39, 0.29) is 31.7 Å². The van der Waals surface area contributed by atoms with E-state index in [4.69, 9.17) is 9.84 Å². The van der Waals surface area contributed by atoms with Gasteiger partial charge in [-0.15, -0.1) is 0 Å². The van der Waals surface area contributed by atoms with Crippen LogP contribution in [0.1, 0.15) is 23.7 Å². The summed E-state index contributed by atoms with van der Waals surface area (Å²) in [5.74, 6) is 0. The van der Waals surface area contributed by atoms with Crippen molar-refractivity contribution < 1.29 is 27.8 Å². The summed E-state index contributed by atoms with van der Waals surface area (Å²) in [5, 5.41) is 8.77. The summed E-state index contributed by atoms with van der Waals surface area (Å²) in [6.45, 7) is 0.168. The first-order valence-electron chi connectivity index (χ1n) is 6.16. The molecular formula is C13H14F3NO3. The molecule has 1 aliphatic heterocycles. The molecule has 1 heterocycles. The van der Waals surface area contributed by atoms with Gasteiger partial charge in [-0.05, 0) is 6.07 Å². The van der Waals surface area contributed by atoms with Crippen molar-refractivity contribution in [2.45, 2.75) is 18.7 Å². The highest BCUT2D eigenvalue weighted by Crippen LogP contribution is 2.37. The third kappa shape index (κ3) is 3.04. The van der Waals surface area contributed by atoms with E-state index in [9.17, 15) is 18.0 Å². The number of amides is 1. The molecule has 7 heteroatoms. The minimum atomic E-state index is -4.48. The van der Waals surface area contributed by atoms with Gasteiger partial charge in [-0.1, -0.05) is 18.2 Å². The Kier molecular flexibility index (Phi) is 4.17. The number of rotatable bonds is 3. The molecule has 2 rings (SSSR count). The maximum atomic E-state index is 12.9. The second-order valence-electron chi connectivity index (χ2n) is 4.46. The summed E-state index contributed by atoms with van der Waals surface area (Å²) in [5.41, 5.74) is -0.814. The van der Waals surface area contributed by atoms with Gasteiger partial charge >= 0.3 is 12.3 Å². The maximum absolute atomic E-state index is 12.9. The largest absolute Gasteiger partial charge is 0.441 e. The molecule has 0 radical (unpaired) electrons. The van der Waals surface area contributed by atoms with E-state index in [1.165, 1.54) is 23.1 Å². The van der Waals surface area contributed by atoms with Crippen molar-refractivity contribution in [1.29, 1.82) is 0 Å². The van der Waals surface area contributed by atoms with Crippen LogP contribution in [-0.4, -0.2) is 35.8 Å². The van der Waals surface area contributed by atoms with Crippen LogP contribution < -0.4 is 0 Å². The molecule has 1 unspecified atom stereocenters. The number of β-amino-alcohol motifs (C(OH)–C–C–N with tert-alkyl or cyclic N) is 1. The van der Waals surface area contributed by atoms with Gasteiger partial charge in [-0.25, -0.2) is 4.79 Å². The van der Waals surface area contributed by atoms with Crippen LogP contribution in [0.25, 0.3) is 0 Å². The van der Waals surface area contributed by atoms with Crippen molar-refractivity contribution in [1.82, 2.24) is 4.90 Å². The monoisotopic (exact) mass is 289 g/mol. The van der Waals surface area contributed by atoms with E-state index in [1.807, 2.05) is 0 Å². The van der Waals surface area contributed by atoms with Gasteiger partial charge < -0.3 is 14.7 Å². The normalized spacial score (nSPS) is 19.9. The first kappa shape index (κ1) is 14.6. The number of hydrogen-bond acceptors (Lipinski definition) is 3. The summed E-state index contributed by atoms with van der Waals surface area (Å²) >= 11 is 0. The standard InChI is InChI=1S/C13H14F3NO3/c14-13(15,16)10-4-2-1-3-9(10)11-5-6-17(7-8-18)12(19)20-11/h1-4,11,18H,5-8H2. The topological polar surface area (TPSA) is 49.8 Å². The number of aliphatic hydroxyl groups is 1. The number of halogens is 3. The van der Waals surface area contributed by atoms with Crippen LogP contribution in [0.3, 0.4) is 0 Å². The molecule has 0 spiro atoms. The number of cyclic esters (lactones) is 1. The zero-order chi connectivity index (χ0) is 14.8. The molecule has 4 nitrogen and oxygen atoms in total. The zero-order valence-corrected chi connectivity index (χ0v) is 10.6. The highest BCUT2D eigenvalue weighted by Gasteiger charge is 2.37. The number of nitrogens with zero attached hydrogens (tertiary/aromatic N) is 1. The number of alkyl halides is 3. The number of carbonyl (C=O) groups excluding carboxylic acids is 1. The Hall–Kier alpha value is -1.76. The van der Waals surface area contributed by atoms with Crippen LogP contribution in [0.5, 0.6) is 0 Å². The van der Waals surface area contributed by atoms with Gasteiger partial charge in [0.15, 0.2) is 0 Å². The smallest absolute Gasteiger partial charge is 0.416 e. The Morgan fingerprint density at radius 3 is 2.65 bits per heavy atom. The van der Waals surface area contributed by atoms with Crippen LogP contribution in [-0.2, 0) is 10.9 Å². The Morgan fingerprint density at radius 2 is 2.05 bits per heavy atom. The molecule has 1 aromatic rings. The van der Waals surface area contributed by atoms with E-state index in [1.54, 1.807) is 0 Å². The molecule has 0 bridgehead atoms. The number of ether oxygens (including phenoxy) is 1. The highest BCUT2D eigenvalue weighted by atomic mass is 19.4. The van der Waals surface area contributed by atoms with Gasteiger partial charge in [-0.2, -0.15) is 13.2 Å². The molecule has 20 heavy (non-hydrogen) atoms. The van der Waals surface area contributed by atoms with Gasteiger partial charge in [0.25, 0.3) is 0 Å². The Balaban J connectivity index is 2.20. The zero-order valence-electron chi connectivity index (χ0n) is 10.6. The van der Waals surface area contributed by atoms with Gasteiger partial charge in [0.05, 0.1) is 12.2 Å². The van der Waals surface area contributed by atoms with E-state index in [0.29, 0.717) is 0 Å². The number of carbonyl (C=O) groups is 1. The second-order valence-corrected chi connectivity index (χ2v) is 4.46. The van der Waals surface area contributed by atoms with Crippen LogP contribution in [0.4, 0.5) is 18.0 Å². The third-order valence-electron chi connectivity index (χ3n) is 3.15. The third-order valence-corrected chi connectivity index (χ3v) is 3.15. The van der Waals surface area contributed by atoms with Crippen LogP contribution >= 0.6 is 0 Å². The van der Waals surface area contributed by atoms with Gasteiger partial charge in [-0.3, -0.25) is 0 Å².